The fraction of sp³-hybridized carbons (Fsp3) is 0.125. The molecule has 0 unspecified atom stereocenters. The summed E-state index contributed by atoms with van der Waals surface area (Å²) in [5.41, 5.74) is 5.16. The predicted molar refractivity (Wildman–Crippen MR) is 155 cm³/mol. The third kappa shape index (κ3) is 4.31. The van der Waals surface area contributed by atoms with E-state index in [-0.39, 0.29) is 28.3 Å². The number of aromatic amines is 1. The lowest BCUT2D eigenvalue weighted by Crippen LogP contribution is -2.25. The third-order valence-corrected chi connectivity index (χ3v) is 7.40. The minimum absolute atomic E-state index is 0.0148. The molecule has 3 aromatic carbocycles. The second kappa shape index (κ2) is 9.71. The van der Waals surface area contributed by atoms with Crippen LogP contribution in [0.4, 0.5) is 10.1 Å². The lowest BCUT2D eigenvalue weighted by Gasteiger charge is -2.21. The number of halogens is 1. The number of H-pyrrole nitrogens is 1. The molecule has 0 saturated carbocycles. The highest BCUT2D eigenvalue weighted by Gasteiger charge is 2.21. The van der Waals surface area contributed by atoms with Crippen LogP contribution in [0.25, 0.3) is 33.1 Å². The SMILES string of the molecule is Cc1cc2c3c(c1)c(=O)c(C(=O)Nc1ccc(Oc4ncnc5[nH]cc(-c6ccccc6)c45)c(F)c1)cn3CCC2. The first-order valence-electron chi connectivity index (χ1n) is 13.3. The van der Waals surface area contributed by atoms with Gasteiger partial charge in [0.25, 0.3) is 5.91 Å². The summed E-state index contributed by atoms with van der Waals surface area (Å²) in [4.78, 5) is 38.2. The van der Waals surface area contributed by atoms with Crippen LogP contribution in [-0.2, 0) is 13.0 Å². The molecule has 0 radical (unpaired) electrons. The van der Waals surface area contributed by atoms with Gasteiger partial charge in [0.2, 0.25) is 11.3 Å². The molecule has 2 N–H and O–H groups in total. The molecule has 0 fully saturated rings. The highest BCUT2D eigenvalue weighted by molar-refractivity contribution is 6.06. The Morgan fingerprint density at radius 3 is 2.78 bits per heavy atom. The Balaban J connectivity index is 1.18. The molecule has 0 atom stereocenters. The van der Waals surface area contributed by atoms with Crippen molar-refractivity contribution in [3.8, 4) is 22.8 Å². The largest absolute Gasteiger partial charge is 0.435 e. The number of fused-ring (bicyclic) bond motifs is 1. The number of aryl methyl sites for hydroxylation is 3. The number of nitrogens with one attached hydrogen (secondary N) is 2. The summed E-state index contributed by atoms with van der Waals surface area (Å²) >= 11 is 0. The topological polar surface area (TPSA) is 102 Å². The summed E-state index contributed by atoms with van der Waals surface area (Å²) < 4.78 is 23.1. The Hall–Kier alpha value is -5.31. The van der Waals surface area contributed by atoms with E-state index in [9.17, 15) is 9.59 Å². The van der Waals surface area contributed by atoms with E-state index in [0.717, 1.165) is 53.2 Å². The van der Waals surface area contributed by atoms with Gasteiger partial charge in [-0.25, -0.2) is 14.4 Å². The van der Waals surface area contributed by atoms with Gasteiger partial charge < -0.3 is 19.6 Å². The fourth-order valence-electron chi connectivity index (χ4n) is 5.58. The molecule has 0 bridgehead atoms. The van der Waals surface area contributed by atoms with Crippen molar-refractivity contribution < 1.29 is 13.9 Å². The molecular formula is C32H24FN5O3. The molecule has 202 valence electrons. The van der Waals surface area contributed by atoms with E-state index >= 15 is 4.39 Å². The number of rotatable bonds is 5. The fourth-order valence-corrected chi connectivity index (χ4v) is 5.58. The Morgan fingerprint density at radius 2 is 1.95 bits per heavy atom. The third-order valence-electron chi connectivity index (χ3n) is 7.40. The average Bonchev–Trinajstić information content (AvgIpc) is 3.42. The second-order valence-corrected chi connectivity index (χ2v) is 10.2. The van der Waals surface area contributed by atoms with Crippen molar-refractivity contribution in [1.29, 1.82) is 0 Å². The van der Waals surface area contributed by atoms with Gasteiger partial charge in [-0.15, -0.1) is 0 Å². The van der Waals surface area contributed by atoms with Gasteiger partial charge in [0.1, 0.15) is 17.5 Å². The van der Waals surface area contributed by atoms with E-state index < -0.39 is 11.7 Å². The second-order valence-electron chi connectivity index (χ2n) is 10.2. The first-order valence-corrected chi connectivity index (χ1v) is 13.3. The first-order chi connectivity index (χ1) is 20.0. The number of anilines is 1. The Morgan fingerprint density at radius 1 is 1.10 bits per heavy atom. The van der Waals surface area contributed by atoms with Crippen molar-refractivity contribution in [2.24, 2.45) is 0 Å². The molecule has 3 aromatic heterocycles. The summed E-state index contributed by atoms with van der Waals surface area (Å²) in [7, 11) is 0. The normalized spacial score (nSPS) is 12.5. The molecule has 1 aliphatic rings. The lowest BCUT2D eigenvalue weighted by molar-refractivity contribution is 0.102. The van der Waals surface area contributed by atoms with E-state index in [0.29, 0.717) is 16.4 Å². The number of hydrogen-bond donors (Lipinski definition) is 2. The molecular weight excluding hydrogens is 521 g/mol. The van der Waals surface area contributed by atoms with Gasteiger partial charge in [0.05, 0.1) is 10.9 Å². The smallest absolute Gasteiger partial charge is 0.261 e. The molecule has 0 spiro atoms. The maximum atomic E-state index is 15.2. The van der Waals surface area contributed by atoms with Crippen molar-refractivity contribution in [1.82, 2.24) is 19.5 Å². The van der Waals surface area contributed by atoms with Crippen LogP contribution in [-0.4, -0.2) is 25.4 Å². The van der Waals surface area contributed by atoms with Gasteiger partial charge in [-0.2, -0.15) is 0 Å². The van der Waals surface area contributed by atoms with Gasteiger partial charge in [0.15, 0.2) is 11.6 Å². The van der Waals surface area contributed by atoms with Crippen molar-refractivity contribution in [3.05, 3.63) is 112 Å². The van der Waals surface area contributed by atoms with Gasteiger partial charge in [-0.3, -0.25) is 9.59 Å². The van der Waals surface area contributed by atoms with E-state index in [1.54, 1.807) is 6.20 Å². The molecule has 4 heterocycles. The van der Waals surface area contributed by atoms with Crippen LogP contribution in [0, 0.1) is 12.7 Å². The molecule has 9 heteroatoms. The number of nitrogens with zero attached hydrogens (tertiary/aromatic N) is 3. The van der Waals surface area contributed by atoms with Gasteiger partial charge in [0, 0.05) is 41.6 Å². The molecule has 1 aliphatic heterocycles. The van der Waals surface area contributed by atoms with Crippen LogP contribution in [0.5, 0.6) is 11.6 Å². The maximum absolute atomic E-state index is 15.2. The highest BCUT2D eigenvalue weighted by atomic mass is 19.1. The van der Waals surface area contributed by atoms with Crippen molar-refractivity contribution in [2.45, 2.75) is 26.3 Å². The monoisotopic (exact) mass is 545 g/mol. The molecule has 6 aromatic rings. The molecule has 41 heavy (non-hydrogen) atoms. The number of pyridine rings is 1. The van der Waals surface area contributed by atoms with Gasteiger partial charge >= 0.3 is 0 Å². The molecule has 1 amide bonds. The number of hydrogen-bond acceptors (Lipinski definition) is 5. The number of aromatic nitrogens is 4. The Kier molecular flexibility index (Phi) is 5.85. The van der Waals surface area contributed by atoms with E-state index in [4.69, 9.17) is 4.74 Å². The van der Waals surface area contributed by atoms with Crippen molar-refractivity contribution in [3.63, 3.8) is 0 Å². The first kappa shape index (κ1) is 24.7. The zero-order chi connectivity index (χ0) is 28.1. The minimum atomic E-state index is -0.697. The van der Waals surface area contributed by atoms with Crippen LogP contribution < -0.4 is 15.5 Å². The summed E-state index contributed by atoms with van der Waals surface area (Å²) in [6, 6.07) is 17.7. The van der Waals surface area contributed by atoms with Gasteiger partial charge in [-0.1, -0.05) is 36.4 Å². The van der Waals surface area contributed by atoms with Crippen LogP contribution in [0.15, 0.2) is 84.2 Å². The highest BCUT2D eigenvalue weighted by Crippen LogP contribution is 2.36. The van der Waals surface area contributed by atoms with E-state index in [1.807, 2.05) is 54.1 Å². The van der Waals surface area contributed by atoms with Crippen LogP contribution in [0.3, 0.4) is 0 Å². The van der Waals surface area contributed by atoms with Crippen LogP contribution in [0.2, 0.25) is 0 Å². The maximum Gasteiger partial charge on any atom is 0.261 e. The molecule has 0 aliphatic carbocycles. The summed E-state index contributed by atoms with van der Waals surface area (Å²) in [5.74, 6) is -1.17. The average molecular weight is 546 g/mol. The summed E-state index contributed by atoms with van der Waals surface area (Å²) in [6.07, 6.45) is 6.58. The molecule has 8 nitrogen and oxygen atoms in total. The Bertz CT molecular complexity index is 2050. The van der Waals surface area contributed by atoms with Crippen molar-refractivity contribution in [2.75, 3.05) is 5.32 Å². The van der Waals surface area contributed by atoms with Crippen molar-refractivity contribution >= 4 is 33.5 Å². The van der Waals surface area contributed by atoms with Gasteiger partial charge in [-0.05, 0) is 54.7 Å². The predicted octanol–water partition coefficient (Wildman–Crippen LogP) is 6.38. The number of ether oxygens (including phenoxy) is 1. The van der Waals surface area contributed by atoms with E-state index in [2.05, 4.69) is 26.3 Å². The molecule has 0 saturated heterocycles. The summed E-state index contributed by atoms with van der Waals surface area (Å²) in [5, 5.41) is 3.82. The quantitative estimate of drug-likeness (QED) is 0.262. The lowest BCUT2D eigenvalue weighted by atomic mass is 9.97. The number of amides is 1. The number of carbonyl (C=O) groups excluding carboxylic acids is 1. The standard InChI is InChI=1S/C32H24FN5O3/c1-18-12-20-8-5-11-38-16-24(29(39)22(13-18)28(20)38)31(40)37-21-9-10-26(25(33)14-21)41-32-27-23(19-6-3-2-4-7-19)15-34-30(27)35-17-36-32/h2-4,6-7,9-10,12-17H,5,8,11H2,1H3,(H,37,40)(H,34,35,36). The number of benzene rings is 3. The van der Waals surface area contributed by atoms with Crippen LogP contribution >= 0.6 is 0 Å². The number of carbonyl (C=O) groups is 1. The summed E-state index contributed by atoms with van der Waals surface area (Å²) in [6.45, 7) is 2.66. The van der Waals surface area contributed by atoms with E-state index in [1.165, 1.54) is 18.5 Å². The molecule has 7 rings (SSSR count). The Labute approximate surface area is 233 Å². The van der Waals surface area contributed by atoms with Crippen LogP contribution in [0.1, 0.15) is 27.9 Å². The zero-order valence-electron chi connectivity index (χ0n) is 22.1. The zero-order valence-corrected chi connectivity index (χ0v) is 22.1. The minimum Gasteiger partial charge on any atom is -0.435 e.